The van der Waals surface area contributed by atoms with E-state index in [1.165, 1.54) is 13.2 Å². The van der Waals surface area contributed by atoms with Crippen LogP contribution in [0.5, 0.6) is 11.5 Å². The Morgan fingerprint density at radius 1 is 1.06 bits per heavy atom. The SMILES string of the molecule is COc1cc(CCC(=O)N(C)Cc2ccc(N3CCOCC3)cc2)ccc1OCC(F)(F)F. The van der Waals surface area contributed by atoms with Crippen LogP contribution in [0.25, 0.3) is 0 Å². The smallest absolute Gasteiger partial charge is 0.422 e. The fourth-order valence-electron chi connectivity index (χ4n) is 3.58. The summed E-state index contributed by atoms with van der Waals surface area (Å²) in [5, 5.41) is 0. The number of amides is 1. The fourth-order valence-corrected chi connectivity index (χ4v) is 3.58. The maximum absolute atomic E-state index is 12.6. The number of hydrogen-bond donors (Lipinski definition) is 0. The number of ether oxygens (including phenoxy) is 3. The lowest BCUT2D eigenvalue weighted by molar-refractivity contribution is -0.153. The monoisotopic (exact) mass is 466 g/mol. The normalized spacial score (nSPS) is 14.2. The van der Waals surface area contributed by atoms with E-state index >= 15 is 0 Å². The number of carbonyl (C=O) groups excluding carboxylic acids is 1. The van der Waals surface area contributed by atoms with Gasteiger partial charge in [-0.15, -0.1) is 0 Å². The molecule has 1 aliphatic rings. The molecule has 0 aliphatic carbocycles. The third kappa shape index (κ3) is 7.56. The predicted octanol–water partition coefficient (Wildman–Crippen LogP) is 4.06. The molecule has 0 unspecified atom stereocenters. The van der Waals surface area contributed by atoms with E-state index in [0.29, 0.717) is 13.0 Å². The van der Waals surface area contributed by atoms with Gasteiger partial charge in [0.15, 0.2) is 18.1 Å². The molecule has 0 spiro atoms. The van der Waals surface area contributed by atoms with Crippen LogP contribution < -0.4 is 14.4 Å². The summed E-state index contributed by atoms with van der Waals surface area (Å²) in [4.78, 5) is 16.5. The first kappa shape index (κ1) is 24.7. The molecule has 0 aromatic heterocycles. The Hall–Kier alpha value is -2.94. The van der Waals surface area contributed by atoms with Gasteiger partial charge in [0, 0.05) is 38.8 Å². The summed E-state index contributed by atoms with van der Waals surface area (Å²) in [6, 6.07) is 12.9. The second-order valence-corrected chi connectivity index (χ2v) is 7.90. The lowest BCUT2D eigenvalue weighted by Gasteiger charge is -2.29. The minimum absolute atomic E-state index is 0.0162. The maximum Gasteiger partial charge on any atom is 0.422 e. The van der Waals surface area contributed by atoms with Gasteiger partial charge in [-0.2, -0.15) is 13.2 Å². The summed E-state index contributed by atoms with van der Waals surface area (Å²) >= 11 is 0. The number of benzene rings is 2. The molecular weight excluding hydrogens is 437 g/mol. The molecule has 0 radical (unpaired) electrons. The number of morpholine rings is 1. The lowest BCUT2D eigenvalue weighted by atomic mass is 10.1. The third-order valence-corrected chi connectivity index (χ3v) is 5.40. The van der Waals surface area contributed by atoms with Gasteiger partial charge >= 0.3 is 6.18 Å². The largest absolute Gasteiger partial charge is 0.493 e. The molecule has 2 aromatic rings. The molecule has 1 saturated heterocycles. The zero-order chi connectivity index (χ0) is 23.8. The first-order valence-corrected chi connectivity index (χ1v) is 10.8. The summed E-state index contributed by atoms with van der Waals surface area (Å²) in [5.74, 6) is 0.198. The molecule has 180 valence electrons. The van der Waals surface area contributed by atoms with E-state index in [2.05, 4.69) is 17.0 Å². The van der Waals surface area contributed by atoms with Gasteiger partial charge < -0.3 is 24.0 Å². The Labute approximate surface area is 191 Å². The maximum atomic E-state index is 12.6. The second-order valence-electron chi connectivity index (χ2n) is 7.90. The number of anilines is 1. The van der Waals surface area contributed by atoms with E-state index in [-0.39, 0.29) is 23.8 Å². The molecule has 9 heteroatoms. The number of rotatable bonds is 9. The van der Waals surface area contributed by atoms with E-state index < -0.39 is 12.8 Å². The highest BCUT2D eigenvalue weighted by atomic mass is 19.4. The Balaban J connectivity index is 1.50. The molecule has 1 heterocycles. The van der Waals surface area contributed by atoms with Crippen LogP contribution in [0.2, 0.25) is 0 Å². The number of nitrogens with zero attached hydrogens (tertiary/aromatic N) is 2. The molecule has 1 aliphatic heterocycles. The Morgan fingerprint density at radius 2 is 1.73 bits per heavy atom. The Bertz CT molecular complexity index is 913. The average Bonchev–Trinajstić information content (AvgIpc) is 2.81. The van der Waals surface area contributed by atoms with Crippen molar-refractivity contribution in [1.82, 2.24) is 4.90 Å². The van der Waals surface area contributed by atoms with Crippen molar-refractivity contribution < 1.29 is 32.2 Å². The van der Waals surface area contributed by atoms with Gasteiger partial charge in [-0.3, -0.25) is 4.79 Å². The summed E-state index contributed by atoms with van der Waals surface area (Å²) in [5.41, 5.74) is 2.96. The van der Waals surface area contributed by atoms with Gasteiger partial charge in [0.1, 0.15) is 0 Å². The van der Waals surface area contributed by atoms with Crippen LogP contribution >= 0.6 is 0 Å². The van der Waals surface area contributed by atoms with Crippen LogP contribution in [-0.2, 0) is 22.5 Å². The molecule has 0 N–H and O–H groups in total. The first-order chi connectivity index (χ1) is 15.7. The summed E-state index contributed by atoms with van der Waals surface area (Å²) in [7, 11) is 3.12. The number of aryl methyl sites for hydroxylation is 1. The van der Waals surface area contributed by atoms with Crippen molar-refractivity contribution in [3.05, 3.63) is 53.6 Å². The second kappa shape index (κ2) is 11.3. The number of methoxy groups -OCH3 is 1. The number of alkyl halides is 3. The molecule has 0 atom stereocenters. The molecule has 0 saturated carbocycles. The molecule has 1 amide bonds. The van der Waals surface area contributed by atoms with Crippen molar-refractivity contribution >= 4 is 11.6 Å². The fraction of sp³-hybridized carbons (Fsp3) is 0.458. The van der Waals surface area contributed by atoms with E-state index in [1.807, 2.05) is 12.1 Å². The summed E-state index contributed by atoms with van der Waals surface area (Å²) in [6.45, 7) is 2.31. The van der Waals surface area contributed by atoms with Crippen LogP contribution in [0.15, 0.2) is 42.5 Å². The van der Waals surface area contributed by atoms with E-state index in [9.17, 15) is 18.0 Å². The van der Waals surface area contributed by atoms with Crippen LogP contribution in [0, 0.1) is 0 Å². The van der Waals surface area contributed by atoms with Crippen molar-refractivity contribution in [3.8, 4) is 11.5 Å². The van der Waals surface area contributed by atoms with Crippen molar-refractivity contribution in [2.45, 2.75) is 25.6 Å². The van der Waals surface area contributed by atoms with Gasteiger partial charge in [-0.05, 0) is 41.8 Å². The van der Waals surface area contributed by atoms with E-state index in [0.717, 1.165) is 43.1 Å². The molecular formula is C24H29F3N2O4. The van der Waals surface area contributed by atoms with Crippen LogP contribution in [0.3, 0.4) is 0 Å². The highest BCUT2D eigenvalue weighted by Gasteiger charge is 2.29. The molecule has 2 aromatic carbocycles. The van der Waals surface area contributed by atoms with Crippen molar-refractivity contribution in [2.75, 3.05) is 52.0 Å². The molecule has 1 fully saturated rings. The number of carbonyl (C=O) groups is 1. The van der Waals surface area contributed by atoms with Gasteiger partial charge in [-0.1, -0.05) is 18.2 Å². The first-order valence-electron chi connectivity index (χ1n) is 10.8. The average molecular weight is 467 g/mol. The highest BCUT2D eigenvalue weighted by Crippen LogP contribution is 2.30. The predicted molar refractivity (Wildman–Crippen MR) is 119 cm³/mol. The standard InChI is InChI=1S/C24H29F3N2O4/c1-28(16-19-3-7-20(8-4-19)29-11-13-32-14-12-29)23(30)10-6-18-5-9-21(22(15-18)31-2)33-17-24(25,26)27/h3-5,7-9,15H,6,10-14,16-17H2,1-2H3. The summed E-state index contributed by atoms with van der Waals surface area (Å²) in [6.07, 6.45) is -3.72. The van der Waals surface area contributed by atoms with Crippen LogP contribution in [-0.4, -0.2) is 64.1 Å². The van der Waals surface area contributed by atoms with Gasteiger partial charge in [0.25, 0.3) is 0 Å². The third-order valence-electron chi connectivity index (χ3n) is 5.40. The lowest BCUT2D eigenvalue weighted by Crippen LogP contribution is -2.36. The molecule has 0 bridgehead atoms. The Morgan fingerprint density at radius 3 is 2.36 bits per heavy atom. The molecule has 6 nitrogen and oxygen atoms in total. The van der Waals surface area contributed by atoms with Crippen LogP contribution in [0.1, 0.15) is 17.5 Å². The molecule has 3 rings (SSSR count). The quantitative estimate of drug-likeness (QED) is 0.558. The van der Waals surface area contributed by atoms with Crippen LogP contribution in [0.4, 0.5) is 18.9 Å². The summed E-state index contributed by atoms with van der Waals surface area (Å²) < 4.78 is 52.5. The number of hydrogen-bond acceptors (Lipinski definition) is 5. The van der Waals surface area contributed by atoms with Gasteiger partial charge in [0.2, 0.25) is 5.91 Å². The van der Waals surface area contributed by atoms with E-state index in [4.69, 9.17) is 14.2 Å². The van der Waals surface area contributed by atoms with Gasteiger partial charge in [-0.25, -0.2) is 0 Å². The highest BCUT2D eigenvalue weighted by molar-refractivity contribution is 5.76. The minimum Gasteiger partial charge on any atom is -0.493 e. The zero-order valence-electron chi connectivity index (χ0n) is 18.9. The molecule has 33 heavy (non-hydrogen) atoms. The zero-order valence-corrected chi connectivity index (χ0v) is 18.9. The van der Waals surface area contributed by atoms with Crippen molar-refractivity contribution in [3.63, 3.8) is 0 Å². The van der Waals surface area contributed by atoms with E-state index in [1.54, 1.807) is 24.1 Å². The minimum atomic E-state index is -4.43. The van der Waals surface area contributed by atoms with Crippen molar-refractivity contribution in [2.24, 2.45) is 0 Å². The number of halogens is 3. The Kier molecular flexibility index (Phi) is 8.43. The topological polar surface area (TPSA) is 51.2 Å². The van der Waals surface area contributed by atoms with Crippen molar-refractivity contribution in [1.29, 1.82) is 0 Å². The van der Waals surface area contributed by atoms with Gasteiger partial charge in [0.05, 0.1) is 20.3 Å².